The molecule has 1 saturated heterocycles. The Balaban J connectivity index is 1.92. The van der Waals surface area contributed by atoms with Gasteiger partial charge in [0.1, 0.15) is 0 Å². The van der Waals surface area contributed by atoms with Crippen LogP contribution in [0.15, 0.2) is 22.7 Å². The van der Waals surface area contributed by atoms with Gasteiger partial charge in [0, 0.05) is 23.1 Å². The van der Waals surface area contributed by atoms with Gasteiger partial charge in [-0.25, -0.2) is 4.39 Å². The van der Waals surface area contributed by atoms with Gasteiger partial charge >= 0.3 is 0 Å². The minimum absolute atomic E-state index is 0.0860. The topological polar surface area (TPSA) is 55.6 Å². The van der Waals surface area contributed by atoms with Crippen molar-refractivity contribution in [2.75, 3.05) is 13.2 Å². The SMILES string of the molecule is CC1CC(N)CCN1C(=O)COc1ccc(Br)cc1F. The van der Waals surface area contributed by atoms with Crippen molar-refractivity contribution in [3.8, 4) is 5.75 Å². The molecule has 0 aliphatic carbocycles. The van der Waals surface area contributed by atoms with Crippen LogP contribution in [0.3, 0.4) is 0 Å². The van der Waals surface area contributed by atoms with Crippen molar-refractivity contribution in [3.63, 3.8) is 0 Å². The van der Waals surface area contributed by atoms with Gasteiger partial charge in [0.15, 0.2) is 18.2 Å². The minimum Gasteiger partial charge on any atom is -0.481 e. The molecule has 1 aliphatic heterocycles. The first-order valence-corrected chi connectivity index (χ1v) is 7.39. The maximum atomic E-state index is 13.6. The summed E-state index contributed by atoms with van der Waals surface area (Å²) in [5.41, 5.74) is 5.86. The fourth-order valence-electron chi connectivity index (χ4n) is 2.39. The van der Waals surface area contributed by atoms with E-state index in [1.54, 1.807) is 11.0 Å². The molecule has 1 amide bonds. The summed E-state index contributed by atoms with van der Waals surface area (Å²) in [5.74, 6) is -0.532. The van der Waals surface area contributed by atoms with Crippen molar-refractivity contribution in [1.82, 2.24) is 4.90 Å². The second-order valence-corrected chi connectivity index (χ2v) is 6.00. The molecule has 1 aromatic rings. The molecule has 1 aromatic carbocycles. The molecule has 2 N–H and O–H groups in total. The Kier molecular flexibility index (Phi) is 4.99. The molecular weight excluding hydrogens is 327 g/mol. The van der Waals surface area contributed by atoms with Gasteiger partial charge in [0.05, 0.1) is 0 Å². The number of likely N-dealkylation sites (tertiary alicyclic amines) is 1. The summed E-state index contributed by atoms with van der Waals surface area (Å²) in [6.07, 6.45) is 1.58. The van der Waals surface area contributed by atoms with Crippen LogP contribution in [0, 0.1) is 5.82 Å². The fraction of sp³-hybridized carbons (Fsp3) is 0.500. The van der Waals surface area contributed by atoms with E-state index >= 15 is 0 Å². The van der Waals surface area contributed by atoms with Crippen molar-refractivity contribution in [1.29, 1.82) is 0 Å². The summed E-state index contributed by atoms with van der Waals surface area (Å²) < 4.78 is 19.5. The predicted molar refractivity (Wildman–Crippen MR) is 78.0 cm³/mol. The lowest BCUT2D eigenvalue weighted by Crippen LogP contribution is -2.49. The van der Waals surface area contributed by atoms with Gasteiger partial charge in [0.25, 0.3) is 5.91 Å². The van der Waals surface area contributed by atoms with Crippen LogP contribution < -0.4 is 10.5 Å². The second kappa shape index (κ2) is 6.54. The maximum Gasteiger partial charge on any atom is 0.260 e. The average molecular weight is 345 g/mol. The molecule has 0 saturated carbocycles. The van der Waals surface area contributed by atoms with Crippen molar-refractivity contribution >= 4 is 21.8 Å². The molecule has 1 aliphatic rings. The van der Waals surface area contributed by atoms with Crippen LogP contribution in [-0.4, -0.2) is 36.0 Å². The Morgan fingerprint density at radius 3 is 3.00 bits per heavy atom. The fourth-order valence-corrected chi connectivity index (χ4v) is 2.73. The number of carbonyl (C=O) groups is 1. The van der Waals surface area contributed by atoms with Crippen LogP contribution >= 0.6 is 15.9 Å². The van der Waals surface area contributed by atoms with Crippen LogP contribution in [0.25, 0.3) is 0 Å². The number of ether oxygens (including phenoxy) is 1. The van der Waals surface area contributed by atoms with E-state index in [1.165, 1.54) is 12.1 Å². The van der Waals surface area contributed by atoms with E-state index in [4.69, 9.17) is 10.5 Å². The zero-order chi connectivity index (χ0) is 14.7. The normalized spacial score (nSPS) is 22.7. The molecule has 2 unspecified atom stereocenters. The first-order chi connectivity index (χ1) is 9.47. The summed E-state index contributed by atoms with van der Waals surface area (Å²) in [4.78, 5) is 13.8. The number of rotatable bonds is 3. The van der Waals surface area contributed by atoms with E-state index in [0.717, 1.165) is 12.8 Å². The smallest absolute Gasteiger partial charge is 0.260 e. The van der Waals surface area contributed by atoms with Gasteiger partial charge in [-0.05, 0) is 38.0 Å². The van der Waals surface area contributed by atoms with E-state index in [1.807, 2.05) is 6.92 Å². The van der Waals surface area contributed by atoms with Crippen LogP contribution in [0.1, 0.15) is 19.8 Å². The van der Waals surface area contributed by atoms with Gasteiger partial charge in [-0.15, -0.1) is 0 Å². The number of piperidine rings is 1. The maximum absolute atomic E-state index is 13.6. The Labute approximate surface area is 126 Å². The third-order valence-corrected chi connectivity index (χ3v) is 3.98. The van der Waals surface area contributed by atoms with Crippen molar-refractivity contribution in [3.05, 3.63) is 28.5 Å². The summed E-state index contributed by atoms with van der Waals surface area (Å²) in [5, 5.41) is 0. The average Bonchev–Trinajstić information content (AvgIpc) is 2.37. The van der Waals surface area contributed by atoms with Crippen molar-refractivity contribution in [2.24, 2.45) is 5.73 Å². The number of hydrogen-bond donors (Lipinski definition) is 1. The Hall–Kier alpha value is -1.14. The monoisotopic (exact) mass is 344 g/mol. The molecular formula is C14H18BrFN2O2. The van der Waals surface area contributed by atoms with Gasteiger partial charge in [-0.2, -0.15) is 0 Å². The quantitative estimate of drug-likeness (QED) is 0.915. The number of nitrogens with zero attached hydrogens (tertiary/aromatic N) is 1. The van der Waals surface area contributed by atoms with E-state index < -0.39 is 5.82 Å². The van der Waals surface area contributed by atoms with E-state index in [9.17, 15) is 9.18 Å². The number of amides is 1. The van der Waals surface area contributed by atoms with E-state index in [-0.39, 0.29) is 30.3 Å². The van der Waals surface area contributed by atoms with Crippen LogP contribution in [0.4, 0.5) is 4.39 Å². The van der Waals surface area contributed by atoms with Gasteiger partial charge < -0.3 is 15.4 Å². The van der Waals surface area contributed by atoms with Gasteiger partial charge in [0.2, 0.25) is 0 Å². The molecule has 2 rings (SSSR count). The third kappa shape index (κ3) is 3.70. The van der Waals surface area contributed by atoms with E-state index in [2.05, 4.69) is 15.9 Å². The van der Waals surface area contributed by atoms with Crippen molar-refractivity contribution in [2.45, 2.75) is 31.8 Å². The van der Waals surface area contributed by atoms with Crippen molar-refractivity contribution < 1.29 is 13.9 Å². The number of hydrogen-bond acceptors (Lipinski definition) is 3. The largest absolute Gasteiger partial charge is 0.481 e. The molecule has 0 radical (unpaired) electrons. The van der Waals surface area contributed by atoms with Crippen LogP contribution in [0.2, 0.25) is 0 Å². The zero-order valence-electron chi connectivity index (χ0n) is 11.3. The first-order valence-electron chi connectivity index (χ1n) is 6.60. The molecule has 0 bridgehead atoms. The highest BCUT2D eigenvalue weighted by atomic mass is 79.9. The molecule has 1 fully saturated rings. The molecule has 6 heteroatoms. The molecule has 0 spiro atoms. The van der Waals surface area contributed by atoms with Crippen LogP contribution in [-0.2, 0) is 4.79 Å². The first kappa shape index (κ1) is 15.3. The highest BCUT2D eigenvalue weighted by molar-refractivity contribution is 9.10. The molecule has 4 nitrogen and oxygen atoms in total. The summed E-state index contributed by atoms with van der Waals surface area (Å²) >= 11 is 3.17. The lowest BCUT2D eigenvalue weighted by molar-refractivity contribution is -0.136. The van der Waals surface area contributed by atoms with E-state index in [0.29, 0.717) is 11.0 Å². The van der Waals surface area contributed by atoms with Gasteiger partial charge in [-0.1, -0.05) is 15.9 Å². The zero-order valence-corrected chi connectivity index (χ0v) is 12.9. The second-order valence-electron chi connectivity index (χ2n) is 5.08. The summed E-state index contributed by atoms with van der Waals surface area (Å²) in [6.45, 7) is 2.45. The highest BCUT2D eigenvalue weighted by Crippen LogP contribution is 2.22. The molecule has 20 heavy (non-hydrogen) atoms. The minimum atomic E-state index is -0.485. The standard InChI is InChI=1S/C14H18BrFN2O2/c1-9-6-11(17)4-5-18(9)14(19)8-20-13-3-2-10(15)7-12(13)16/h2-3,7,9,11H,4-6,8,17H2,1H3. The molecule has 0 aromatic heterocycles. The number of halogens is 2. The number of nitrogens with two attached hydrogens (primary N) is 1. The lowest BCUT2D eigenvalue weighted by Gasteiger charge is -2.36. The Morgan fingerprint density at radius 2 is 2.35 bits per heavy atom. The van der Waals surface area contributed by atoms with Gasteiger partial charge in [-0.3, -0.25) is 4.79 Å². The number of carbonyl (C=O) groups excluding carboxylic acids is 1. The molecule has 110 valence electrons. The lowest BCUT2D eigenvalue weighted by atomic mass is 9.99. The molecule has 2 atom stereocenters. The Morgan fingerprint density at radius 1 is 1.60 bits per heavy atom. The van der Waals surface area contributed by atoms with Crippen LogP contribution in [0.5, 0.6) is 5.75 Å². The summed E-state index contributed by atoms with van der Waals surface area (Å²) in [7, 11) is 0. The highest BCUT2D eigenvalue weighted by Gasteiger charge is 2.27. The third-order valence-electron chi connectivity index (χ3n) is 3.48. The predicted octanol–water partition coefficient (Wildman–Crippen LogP) is 2.31. The Bertz CT molecular complexity index is 498. The molecule has 1 heterocycles. The summed E-state index contributed by atoms with van der Waals surface area (Å²) in [6, 6.07) is 4.74. The number of benzene rings is 1.